The van der Waals surface area contributed by atoms with Crippen LogP contribution < -0.4 is 5.32 Å². The molecule has 0 saturated carbocycles. The number of amides is 1. The van der Waals surface area contributed by atoms with Crippen molar-refractivity contribution in [2.24, 2.45) is 0 Å². The standard InChI is InChI=1S/C12H14BrNO3/c1-17-12(16)6-5-11(15)14-8-9-3-2-4-10(13)7-9/h2-4,7H,5-6,8H2,1H3,(H,14,15). The number of hydrogen-bond donors (Lipinski definition) is 1. The molecule has 0 aliphatic carbocycles. The second kappa shape index (κ2) is 7.06. The van der Waals surface area contributed by atoms with Gasteiger partial charge >= 0.3 is 5.97 Å². The zero-order chi connectivity index (χ0) is 12.7. The van der Waals surface area contributed by atoms with Gasteiger partial charge in [-0.25, -0.2) is 0 Å². The second-order valence-corrected chi connectivity index (χ2v) is 4.40. The molecule has 0 bridgehead atoms. The maximum atomic E-state index is 11.4. The van der Waals surface area contributed by atoms with Crippen LogP contribution in [0.15, 0.2) is 28.7 Å². The average molecular weight is 300 g/mol. The SMILES string of the molecule is COC(=O)CCC(=O)NCc1cccc(Br)c1. The van der Waals surface area contributed by atoms with Crippen LogP contribution in [0, 0.1) is 0 Å². The molecule has 1 amide bonds. The van der Waals surface area contributed by atoms with Crippen molar-refractivity contribution in [1.29, 1.82) is 0 Å². The molecule has 0 spiro atoms. The lowest BCUT2D eigenvalue weighted by atomic mass is 10.2. The van der Waals surface area contributed by atoms with Crippen molar-refractivity contribution in [2.45, 2.75) is 19.4 Å². The third-order valence-electron chi connectivity index (χ3n) is 2.16. The highest BCUT2D eigenvalue weighted by Crippen LogP contribution is 2.11. The van der Waals surface area contributed by atoms with Crippen molar-refractivity contribution in [1.82, 2.24) is 5.32 Å². The Morgan fingerprint density at radius 2 is 2.12 bits per heavy atom. The number of hydrogen-bond acceptors (Lipinski definition) is 3. The van der Waals surface area contributed by atoms with Crippen LogP contribution in [0.25, 0.3) is 0 Å². The summed E-state index contributed by atoms with van der Waals surface area (Å²) in [5.74, 6) is -0.530. The molecule has 0 fully saturated rings. The van der Waals surface area contributed by atoms with Crippen molar-refractivity contribution in [3.05, 3.63) is 34.3 Å². The van der Waals surface area contributed by atoms with E-state index >= 15 is 0 Å². The fourth-order valence-corrected chi connectivity index (χ4v) is 1.70. The van der Waals surface area contributed by atoms with E-state index < -0.39 is 0 Å². The van der Waals surface area contributed by atoms with E-state index in [1.165, 1.54) is 7.11 Å². The van der Waals surface area contributed by atoms with E-state index in [9.17, 15) is 9.59 Å². The minimum Gasteiger partial charge on any atom is -0.469 e. The number of esters is 1. The summed E-state index contributed by atoms with van der Waals surface area (Å²) >= 11 is 3.35. The number of carbonyl (C=O) groups excluding carboxylic acids is 2. The van der Waals surface area contributed by atoms with Crippen LogP contribution in [0.2, 0.25) is 0 Å². The molecule has 92 valence electrons. The number of rotatable bonds is 5. The Morgan fingerprint density at radius 3 is 2.76 bits per heavy atom. The summed E-state index contributed by atoms with van der Waals surface area (Å²) in [4.78, 5) is 22.2. The van der Waals surface area contributed by atoms with E-state index in [4.69, 9.17) is 0 Å². The van der Waals surface area contributed by atoms with E-state index in [-0.39, 0.29) is 24.7 Å². The minimum atomic E-state index is -0.373. The summed E-state index contributed by atoms with van der Waals surface area (Å²) in [6.07, 6.45) is 0.265. The fraction of sp³-hybridized carbons (Fsp3) is 0.333. The van der Waals surface area contributed by atoms with Crippen LogP contribution in [0.1, 0.15) is 18.4 Å². The molecule has 17 heavy (non-hydrogen) atoms. The first-order valence-corrected chi connectivity index (χ1v) is 5.99. The molecule has 0 unspecified atom stereocenters. The predicted molar refractivity (Wildman–Crippen MR) is 67.2 cm³/mol. The maximum absolute atomic E-state index is 11.4. The van der Waals surface area contributed by atoms with Gasteiger partial charge in [0.25, 0.3) is 0 Å². The van der Waals surface area contributed by atoms with Gasteiger partial charge in [0.15, 0.2) is 0 Å². The Balaban J connectivity index is 2.31. The van der Waals surface area contributed by atoms with Gasteiger partial charge in [-0.1, -0.05) is 28.1 Å². The van der Waals surface area contributed by atoms with E-state index in [1.54, 1.807) is 0 Å². The molecule has 1 rings (SSSR count). The van der Waals surface area contributed by atoms with Crippen LogP contribution in [0.3, 0.4) is 0 Å². The highest BCUT2D eigenvalue weighted by atomic mass is 79.9. The van der Waals surface area contributed by atoms with Gasteiger partial charge in [-0.2, -0.15) is 0 Å². The monoisotopic (exact) mass is 299 g/mol. The Bertz CT molecular complexity index is 406. The number of methoxy groups -OCH3 is 1. The van der Waals surface area contributed by atoms with Crippen molar-refractivity contribution in [2.75, 3.05) is 7.11 Å². The first-order valence-electron chi connectivity index (χ1n) is 5.20. The fourth-order valence-electron chi connectivity index (χ4n) is 1.25. The molecule has 1 N–H and O–H groups in total. The number of nitrogens with one attached hydrogen (secondary N) is 1. The molecule has 0 aliphatic heterocycles. The molecular formula is C12H14BrNO3. The van der Waals surface area contributed by atoms with E-state index in [0.717, 1.165) is 10.0 Å². The Kier molecular flexibility index (Phi) is 5.69. The molecule has 0 radical (unpaired) electrons. The predicted octanol–water partition coefficient (Wildman–Crippen LogP) is 2.02. The lowest BCUT2D eigenvalue weighted by Crippen LogP contribution is -2.23. The van der Waals surface area contributed by atoms with Crippen LogP contribution in [0.5, 0.6) is 0 Å². The summed E-state index contributed by atoms with van der Waals surface area (Å²) in [5.41, 5.74) is 1.01. The van der Waals surface area contributed by atoms with Crippen molar-refractivity contribution >= 4 is 27.8 Å². The van der Waals surface area contributed by atoms with Gasteiger partial charge in [-0.15, -0.1) is 0 Å². The molecule has 0 atom stereocenters. The normalized spacial score (nSPS) is 9.76. The van der Waals surface area contributed by atoms with Crippen molar-refractivity contribution in [3.8, 4) is 0 Å². The number of benzene rings is 1. The molecule has 1 aromatic rings. The molecular weight excluding hydrogens is 286 g/mol. The Hall–Kier alpha value is -1.36. The van der Waals surface area contributed by atoms with Gasteiger partial charge in [-0.05, 0) is 17.7 Å². The number of ether oxygens (including phenoxy) is 1. The van der Waals surface area contributed by atoms with Gasteiger partial charge in [0.2, 0.25) is 5.91 Å². The third-order valence-corrected chi connectivity index (χ3v) is 2.66. The highest BCUT2D eigenvalue weighted by Gasteiger charge is 2.06. The molecule has 0 heterocycles. The summed E-state index contributed by atoms with van der Waals surface area (Å²) in [7, 11) is 1.31. The van der Waals surface area contributed by atoms with E-state index in [0.29, 0.717) is 6.54 Å². The van der Waals surface area contributed by atoms with Crippen LogP contribution in [0.4, 0.5) is 0 Å². The Morgan fingerprint density at radius 1 is 1.35 bits per heavy atom. The topological polar surface area (TPSA) is 55.4 Å². The molecule has 0 aliphatic rings. The Labute approximate surface area is 108 Å². The number of halogens is 1. The average Bonchev–Trinajstić information content (AvgIpc) is 2.33. The molecule has 0 saturated heterocycles. The smallest absolute Gasteiger partial charge is 0.306 e. The summed E-state index contributed by atoms with van der Waals surface area (Å²) < 4.78 is 5.43. The zero-order valence-electron chi connectivity index (χ0n) is 9.53. The van der Waals surface area contributed by atoms with Crippen LogP contribution in [-0.2, 0) is 20.9 Å². The maximum Gasteiger partial charge on any atom is 0.306 e. The van der Waals surface area contributed by atoms with Crippen LogP contribution >= 0.6 is 15.9 Å². The lowest BCUT2D eigenvalue weighted by molar-refractivity contribution is -0.142. The van der Waals surface area contributed by atoms with E-state index in [2.05, 4.69) is 26.0 Å². The summed E-state index contributed by atoms with van der Waals surface area (Å²) in [5, 5.41) is 2.74. The van der Waals surface area contributed by atoms with Gasteiger partial charge < -0.3 is 10.1 Å². The van der Waals surface area contributed by atoms with Crippen molar-refractivity contribution in [3.63, 3.8) is 0 Å². The molecule has 0 aromatic heterocycles. The first kappa shape index (κ1) is 13.7. The summed E-state index contributed by atoms with van der Waals surface area (Å²) in [6.45, 7) is 0.458. The largest absolute Gasteiger partial charge is 0.469 e. The second-order valence-electron chi connectivity index (χ2n) is 3.48. The quantitative estimate of drug-likeness (QED) is 0.846. The van der Waals surface area contributed by atoms with E-state index in [1.807, 2.05) is 24.3 Å². The first-order chi connectivity index (χ1) is 8.11. The minimum absolute atomic E-state index is 0.112. The van der Waals surface area contributed by atoms with Crippen molar-refractivity contribution < 1.29 is 14.3 Å². The lowest BCUT2D eigenvalue weighted by Gasteiger charge is -2.05. The molecule has 1 aromatic carbocycles. The zero-order valence-corrected chi connectivity index (χ0v) is 11.1. The molecule has 5 heteroatoms. The highest BCUT2D eigenvalue weighted by molar-refractivity contribution is 9.10. The van der Waals surface area contributed by atoms with Gasteiger partial charge in [0.05, 0.1) is 13.5 Å². The van der Waals surface area contributed by atoms with Gasteiger partial charge in [0.1, 0.15) is 0 Å². The van der Waals surface area contributed by atoms with Gasteiger partial charge in [0, 0.05) is 17.4 Å². The third kappa shape index (κ3) is 5.49. The molecule has 4 nitrogen and oxygen atoms in total. The van der Waals surface area contributed by atoms with Gasteiger partial charge in [-0.3, -0.25) is 9.59 Å². The number of carbonyl (C=O) groups is 2. The van der Waals surface area contributed by atoms with Crippen LogP contribution in [-0.4, -0.2) is 19.0 Å². The summed E-state index contributed by atoms with van der Waals surface area (Å²) in [6, 6.07) is 7.68.